The van der Waals surface area contributed by atoms with E-state index in [1.165, 1.54) is 4.90 Å². The van der Waals surface area contributed by atoms with Crippen LogP contribution >= 0.6 is 35.0 Å². The SMILES string of the molecule is Cc1ccc(N2C(=O)[C@H](Cc3cc(Cl)ccc3Cl)S/C2=C(\C#N)C(N)=O)cc1. The Balaban J connectivity index is 2.05. The fourth-order valence-corrected chi connectivity index (χ4v) is 4.52. The Morgan fingerprint density at radius 3 is 2.54 bits per heavy atom. The Labute approximate surface area is 176 Å². The predicted molar refractivity (Wildman–Crippen MR) is 112 cm³/mol. The quantitative estimate of drug-likeness (QED) is 0.579. The molecule has 0 spiro atoms. The highest BCUT2D eigenvalue weighted by atomic mass is 35.5. The smallest absolute Gasteiger partial charge is 0.262 e. The summed E-state index contributed by atoms with van der Waals surface area (Å²) in [6.45, 7) is 1.93. The molecule has 1 atom stereocenters. The number of nitrogens with zero attached hydrogens (tertiary/aromatic N) is 2. The second-order valence-electron chi connectivity index (χ2n) is 6.21. The number of carbonyl (C=O) groups is 2. The van der Waals surface area contributed by atoms with Gasteiger partial charge in [0.15, 0.2) is 0 Å². The van der Waals surface area contributed by atoms with Crippen molar-refractivity contribution in [2.24, 2.45) is 5.73 Å². The fourth-order valence-electron chi connectivity index (χ4n) is 2.83. The standard InChI is InChI=1S/C20H15Cl2N3O2S/c1-11-2-5-14(6-3-11)25-19(27)17(28-20(25)15(10-23)18(24)26)9-12-8-13(21)4-7-16(12)22/h2-8,17H,9H2,1H3,(H2,24,26)/b20-15+/t17-/m0/s1. The zero-order valence-electron chi connectivity index (χ0n) is 14.8. The molecule has 1 heterocycles. The molecule has 0 unspecified atom stereocenters. The second kappa shape index (κ2) is 8.27. The number of rotatable bonds is 4. The van der Waals surface area contributed by atoms with Crippen LogP contribution in [-0.2, 0) is 16.0 Å². The maximum atomic E-state index is 13.2. The monoisotopic (exact) mass is 431 g/mol. The van der Waals surface area contributed by atoms with E-state index < -0.39 is 11.2 Å². The van der Waals surface area contributed by atoms with E-state index in [0.29, 0.717) is 27.7 Å². The third-order valence-electron chi connectivity index (χ3n) is 4.23. The average molecular weight is 432 g/mol. The first-order valence-electron chi connectivity index (χ1n) is 8.27. The molecule has 5 nitrogen and oxygen atoms in total. The number of thioether (sulfide) groups is 1. The van der Waals surface area contributed by atoms with Crippen molar-refractivity contribution >= 4 is 52.5 Å². The lowest BCUT2D eigenvalue weighted by Gasteiger charge is -2.18. The highest BCUT2D eigenvalue weighted by Gasteiger charge is 2.40. The molecule has 0 saturated carbocycles. The van der Waals surface area contributed by atoms with Crippen molar-refractivity contribution in [3.05, 3.63) is 74.2 Å². The molecule has 1 aliphatic heterocycles. The second-order valence-corrected chi connectivity index (χ2v) is 8.25. The Morgan fingerprint density at radius 2 is 1.93 bits per heavy atom. The van der Waals surface area contributed by atoms with Gasteiger partial charge < -0.3 is 5.73 Å². The lowest BCUT2D eigenvalue weighted by molar-refractivity contribution is -0.117. The molecule has 3 rings (SSSR count). The molecule has 28 heavy (non-hydrogen) atoms. The number of amides is 2. The van der Waals surface area contributed by atoms with E-state index in [4.69, 9.17) is 28.9 Å². The van der Waals surface area contributed by atoms with Crippen molar-refractivity contribution < 1.29 is 9.59 Å². The van der Waals surface area contributed by atoms with Gasteiger partial charge in [-0.1, -0.05) is 52.7 Å². The summed E-state index contributed by atoms with van der Waals surface area (Å²) in [6, 6.07) is 14.1. The van der Waals surface area contributed by atoms with E-state index >= 15 is 0 Å². The Kier molecular flexibility index (Phi) is 5.99. The van der Waals surface area contributed by atoms with Gasteiger partial charge in [0.2, 0.25) is 5.91 Å². The fraction of sp³-hybridized carbons (Fsp3) is 0.150. The first-order chi connectivity index (χ1) is 13.3. The van der Waals surface area contributed by atoms with Crippen LogP contribution in [0.25, 0.3) is 0 Å². The average Bonchev–Trinajstić information content (AvgIpc) is 2.95. The number of nitrogens with two attached hydrogens (primary N) is 1. The summed E-state index contributed by atoms with van der Waals surface area (Å²) in [5, 5.41) is 10.1. The molecule has 1 fully saturated rings. The van der Waals surface area contributed by atoms with Gasteiger partial charge in [0.05, 0.1) is 5.25 Å². The summed E-state index contributed by atoms with van der Waals surface area (Å²) in [5.41, 5.74) is 7.41. The van der Waals surface area contributed by atoms with E-state index in [1.807, 2.05) is 25.1 Å². The number of halogens is 2. The van der Waals surface area contributed by atoms with Crippen LogP contribution in [0.3, 0.4) is 0 Å². The molecule has 0 aromatic heterocycles. The van der Waals surface area contributed by atoms with Crippen molar-refractivity contribution in [1.82, 2.24) is 0 Å². The van der Waals surface area contributed by atoms with Gasteiger partial charge in [-0.15, -0.1) is 0 Å². The van der Waals surface area contributed by atoms with E-state index in [9.17, 15) is 14.9 Å². The molecule has 1 aliphatic rings. The summed E-state index contributed by atoms with van der Waals surface area (Å²) >= 11 is 13.4. The van der Waals surface area contributed by atoms with Crippen molar-refractivity contribution in [3.63, 3.8) is 0 Å². The van der Waals surface area contributed by atoms with E-state index in [0.717, 1.165) is 17.3 Å². The van der Waals surface area contributed by atoms with Crippen LogP contribution in [-0.4, -0.2) is 17.1 Å². The molecule has 0 radical (unpaired) electrons. The van der Waals surface area contributed by atoms with Gasteiger partial charge in [-0.3, -0.25) is 14.5 Å². The van der Waals surface area contributed by atoms with Crippen molar-refractivity contribution in [2.45, 2.75) is 18.6 Å². The van der Waals surface area contributed by atoms with Crippen LogP contribution in [0.2, 0.25) is 10.0 Å². The summed E-state index contributed by atoms with van der Waals surface area (Å²) in [7, 11) is 0. The van der Waals surface area contributed by atoms with Gasteiger partial charge in [-0.05, 0) is 49.2 Å². The van der Waals surface area contributed by atoms with Gasteiger partial charge in [-0.25, -0.2) is 0 Å². The first kappa shape index (κ1) is 20.3. The Morgan fingerprint density at radius 1 is 1.25 bits per heavy atom. The molecule has 1 saturated heterocycles. The minimum Gasteiger partial charge on any atom is -0.365 e. The molecule has 2 aromatic rings. The van der Waals surface area contributed by atoms with Crippen molar-refractivity contribution in [2.75, 3.05) is 4.90 Å². The number of primary amides is 1. The van der Waals surface area contributed by atoms with Crippen LogP contribution in [0, 0.1) is 18.3 Å². The van der Waals surface area contributed by atoms with Gasteiger partial charge in [0.25, 0.3) is 5.91 Å². The number of aryl methyl sites for hydroxylation is 1. The number of hydrogen-bond donors (Lipinski definition) is 1. The summed E-state index contributed by atoms with van der Waals surface area (Å²) in [5.74, 6) is -1.13. The largest absolute Gasteiger partial charge is 0.365 e. The molecular formula is C20H15Cl2N3O2S. The third-order valence-corrected chi connectivity index (χ3v) is 6.10. The Hall–Kier alpha value is -2.46. The molecule has 2 aromatic carbocycles. The van der Waals surface area contributed by atoms with E-state index in [2.05, 4.69) is 0 Å². The number of hydrogen-bond acceptors (Lipinski definition) is 4. The molecule has 0 aliphatic carbocycles. The van der Waals surface area contributed by atoms with E-state index in [-0.39, 0.29) is 16.5 Å². The third kappa shape index (κ3) is 4.02. The maximum absolute atomic E-state index is 13.2. The zero-order valence-corrected chi connectivity index (χ0v) is 17.1. The summed E-state index contributed by atoms with van der Waals surface area (Å²) in [4.78, 5) is 26.3. The number of anilines is 1. The van der Waals surface area contributed by atoms with Crippen molar-refractivity contribution in [3.8, 4) is 6.07 Å². The normalized spacial score (nSPS) is 18.1. The first-order valence-corrected chi connectivity index (χ1v) is 9.90. The topological polar surface area (TPSA) is 87.2 Å². The van der Waals surface area contributed by atoms with Crippen LogP contribution in [0.4, 0.5) is 5.69 Å². The highest BCUT2D eigenvalue weighted by molar-refractivity contribution is 8.05. The lowest BCUT2D eigenvalue weighted by Crippen LogP contribution is -2.31. The minimum absolute atomic E-state index is 0.229. The van der Waals surface area contributed by atoms with Crippen LogP contribution < -0.4 is 10.6 Å². The zero-order chi connectivity index (χ0) is 20.4. The molecule has 8 heteroatoms. The van der Waals surface area contributed by atoms with Gasteiger partial charge in [0.1, 0.15) is 16.7 Å². The van der Waals surface area contributed by atoms with Crippen LogP contribution in [0.15, 0.2) is 53.1 Å². The molecular weight excluding hydrogens is 417 g/mol. The van der Waals surface area contributed by atoms with Gasteiger partial charge in [0, 0.05) is 15.7 Å². The number of carbonyl (C=O) groups excluding carboxylic acids is 2. The number of nitriles is 1. The predicted octanol–water partition coefficient (Wildman–Crippen LogP) is 4.21. The number of benzene rings is 2. The summed E-state index contributed by atoms with van der Waals surface area (Å²) in [6.07, 6.45) is 0.298. The maximum Gasteiger partial charge on any atom is 0.262 e. The van der Waals surface area contributed by atoms with Crippen molar-refractivity contribution in [1.29, 1.82) is 5.26 Å². The molecule has 0 bridgehead atoms. The molecule has 2 amide bonds. The highest BCUT2D eigenvalue weighted by Crippen LogP contribution is 2.42. The van der Waals surface area contributed by atoms with E-state index in [1.54, 1.807) is 30.3 Å². The molecule has 2 N–H and O–H groups in total. The molecule has 142 valence electrons. The van der Waals surface area contributed by atoms with Crippen LogP contribution in [0.1, 0.15) is 11.1 Å². The van der Waals surface area contributed by atoms with Gasteiger partial charge >= 0.3 is 0 Å². The minimum atomic E-state index is -0.878. The Bertz CT molecular complexity index is 1030. The summed E-state index contributed by atoms with van der Waals surface area (Å²) < 4.78 is 0. The van der Waals surface area contributed by atoms with Crippen LogP contribution in [0.5, 0.6) is 0 Å². The van der Waals surface area contributed by atoms with Gasteiger partial charge in [-0.2, -0.15) is 5.26 Å². The lowest BCUT2D eigenvalue weighted by atomic mass is 10.1.